The summed E-state index contributed by atoms with van der Waals surface area (Å²) < 4.78 is 34.1. The fourth-order valence-corrected chi connectivity index (χ4v) is 3.86. The van der Waals surface area contributed by atoms with Crippen molar-refractivity contribution in [2.24, 2.45) is 0 Å². The van der Waals surface area contributed by atoms with Gasteiger partial charge in [-0.05, 0) is 25.0 Å². The van der Waals surface area contributed by atoms with Gasteiger partial charge in [0.15, 0.2) is 0 Å². The molecule has 1 aromatic carbocycles. The molecule has 2 N–H and O–H groups in total. The number of ether oxygens (including phenoxy) is 1. The second kappa shape index (κ2) is 7.22. The smallest absolute Gasteiger partial charge is 0.279 e. The molecule has 118 valence electrons. The van der Waals surface area contributed by atoms with E-state index in [4.69, 9.17) is 4.74 Å². The van der Waals surface area contributed by atoms with Crippen molar-refractivity contribution < 1.29 is 13.2 Å². The molecule has 0 saturated carbocycles. The summed E-state index contributed by atoms with van der Waals surface area (Å²) in [6.07, 6.45) is 0.593. The summed E-state index contributed by atoms with van der Waals surface area (Å²) in [6, 6.07) is 7.47. The first kappa shape index (κ1) is 16.2. The molecule has 1 heterocycles. The molecule has 1 saturated heterocycles. The maximum absolute atomic E-state index is 12.3. The maximum atomic E-state index is 12.3. The first-order valence-electron chi connectivity index (χ1n) is 7.13. The average molecular weight is 313 g/mol. The Morgan fingerprint density at radius 3 is 2.67 bits per heavy atom. The van der Waals surface area contributed by atoms with Crippen molar-refractivity contribution in [3.8, 4) is 5.75 Å². The lowest BCUT2D eigenvalue weighted by Crippen LogP contribution is -2.52. The molecule has 0 radical (unpaired) electrons. The Morgan fingerprint density at radius 2 is 2.00 bits per heavy atom. The molecule has 0 spiro atoms. The van der Waals surface area contributed by atoms with Gasteiger partial charge in [-0.15, -0.1) is 0 Å². The highest BCUT2D eigenvalue weighted by atomic mass is 32.2. The van der Waals surface area contributed by atoms with Gasteiger partial charge in [0.25, 0.3) is 10.2 Å². The number of para-hydroxylation sites is 1. The van der Waals surface area contributed by atoms with Gasteiger partial charge in [0.05, 0.1) is 7.11 Å². The predicted molar refractivity (Wildman–Crippen MR) is 82.7 cm³/mol. The van der Waals surface area contributed by atoms with Crippen LogP contribution in [0, 0.1) is 0 Å². The summed E-state index contributed by atoms with van der Waals surface area (Å²) in [5, 5.41) is 3.14. The predicted octanol–water partition coefficient (Wildman–Crippen LogP) is 0.366. The number of nitrogens with zero attached hydrogens (tertiary/aromatic N) is 1. The number of benzene rings is 1. The molecule has 7 heteroatoms. The first-order chi connectivity index (χ1) is 10.0. The summed E-state index contributed by atoms with van der Waals surface area (Å²) in [4.78, 5) is 0. The Bertz CT molecular complexity index is 556. The molecule has 0 bridgehead atoms. The highest BCUT2D eigenvalue weighted by Gasteiger charge is 2.25. The van der Waals surface area contributed by atoms with Crippen LogP contribution in [0.5, 0.6) is 5.75 Å². The third-order valence-electron chi connectivity index (χ3n) is 3.48. The van der Waals surface area contributed by atoms with E-state index in [0.717, 1.165) is 11.3 Å². The summed E-state index contributed by atoms with van der Waals surface area (Å²) >= 11 is 0. The van der Waals surface area contributed by atoms with Crippen LogP contribution in [0.1, 0.15) is 12.5 Å². The number of hydrogen-bond acceptors (Lipinski definition) is 4. The van der Waals surface area contributed by atoms with Gasteiger partial charge in [0.1, 0.15) is 5.75 Å². The van der Waals surface area contributed by atoms with Gasteiger partial charge >= 0.3 is 0 Å². The number of methoxy groups -OCH3 is 1. The molecular weight excluding hydrogens is 290 g/mol. The van der Waals surface area contributed by atoms with Gasteiger partial charge in [-0.25, -0.2) is 0 Å². The third-order valence-corrected chi connectivity index (χ3v) is 5.23. The molecule has 6 nitrogen and oxygen atoms in total. The summed E-state index contributed by atoms with van der Waals surface area (Å²) in [6.45, 7) is 4.28. The minimum atomic E-state index is -3.42. The molecule has 1 atom stereocenters. The molecule has 1 unspecified atom stereocenters. The van der Waals surface area contributed by atoms with Gasteiger partial charge in [0, 0.05) is 32.2 Å². The average Bonchev–Trinajstić information content (AvgIpc) is 2.48. The lowest BCUT2D eigenvalue weighted by atomic mass is 10.1. The fraction of sp³-hybridized carbons (Fsp3) is 0.571. The van der Waals surface area contributed by atoms with Crippen LogP contribution in [0.25, 0.3) is 0 Å². The molecule has 0 aliphatic carbocycles. The second-order valence-electron chi connectivity index (χ2n) is 5.19. The van der Waals surface area contributed by atoms with Crippen LogP contribution in [0.4, 0.5) is 0 Å². The first-order valence-corrected chi connectivity index (χ1v) is 8.57. The van der Waals surface area contributed by atoms with Crippen molar-refractivity contribution in [1.29, 1.82) is 0 Å². The minimum absolute atomic E-state index is 0.193. The molecule has 1 aromatic rings. The lowest BCUT2D eigenvalue weighted by Gasteiger charge is -2.28. The van der Waals surface area contributed by atoms with Crippen molar-refractivity contribution in [1.82, 2.24) is 14.3 Å². The Hall–Kier alpha value is -1.15. The number of nitrogens with one attached hydrogen (secondary N) is 2. The van der Waals surface area contributed by atoms with Gasteiger partial charge in [-0.2, -0.15) is 17.4 Å². The molecule has 1 fully saturated rings. The summed E-state index contributed by atoms with van der Waals surface area (Å²) in [7, 11) is -1.80. The number of hydrogen-bond donors (Lipinski definition) is 2. The van der Waals surface area contributed by atoms with E-state index in [1.54, 1.807) is 7.11 Å². The van der Waals surface area contributed by atoms with Gasteiger partial charge < -0.3 is 10.1 Å². The third kappa shape index (κ3) is 4.41. The van der Waals surface area contributed by atoms with E-state index in [1.165, 1.54) is 4.31 Å². The van der Waals surface area contributed by atoms with Gasteiger partial charge in [-0.3, -0.25) is 0 Å². The zero-order chi connectivity index (χ0) is 15.3. The van der Waals surface area contributed by atoms with E-state index < -0.39 is 10.2 Å². The van der Waals surface area contributed by atoms with Crippen LogP contribution in [-0.2, 0) is 16.6 Å². The Balaban J connectivity index is 1.98. The van der Waals surface area contributed by atoms with Crippen molar-refractivity contribution in [2.45, 2.75) is 19.4 Å². The fourth-order valence-electron chi connectivity index (χ4n) is 2.46. The van der Waals surface area contributed by atoms with Crippen molar-refractivity contribution in [3.05, 3.63) is 29.8 Å². The Labute approximate surface area is 126 Å². The SMILES string of the molecule is COc1ccccc1CC(C)NS(=O)(=O)N1CCNCC1. The van der Waals surface area contributed by atoms with Crippen molar-refractivity contribution in [2.75, 3.05) is 33.3 Å². The van der Waals surface area contributed by atoms with E-state index >= 15 is 0 Å². The summed E-state index contributed by atoms with van der Waals surface area (Å²) in [5.74, 6) is 0.783. The van der Waals surface area contributed by atoms with Crippen LogP contribution >= 0.6 is 0 Å². The Kier molecular flexibility index (Phi) is 5.58. The lowest BCUT2D eigenvalue weighted by molar-refractivity contribution is 0.351. The van der Waals surface area contributed by atoms with Crippen molar-refractivity contribution in [3.63, 3.8) is 0 Å². The van der Waals surface area contributed by atoms with E-state index in [0.29, 0.717) is 32.6 Å². The molecule has 21 heavy (non-hydrogen) atoms. The molecule has 1 aliphatic rings. The van der Waals surface area contributed by atoms with Crippen molar-refractivity contribution >= 4 is 10.2 Å². The zero-order valence-corrected chi connectivity index (χ0v) is 13.3. The topological polar surface area (TPSA) is 70.7 Å². The molecule has 0 aromatic heterocycles. The highest BCUT2D eigenvalue weighted by Crippen LogP contribution is 2.19. The van der Waals surface area contributed by atoms with Crippen LogP contribution < -0.4 is 14.8 Å². The highest BCUT2D eigenvalue weighted by molar-refractivity contribution is 7.87. The minimum Gasteiger partial charge on any atom is -0.496 e. The summed E-state index contributed by atoms with van der Waals surface area (Å²) in [5.41, 5.74) is 0.996. The molecular formula is C14H23N3O3S. The van der Waals surface area contributed by atoms with E-state index in [-0.39, 0.29) is 6.04 Å². The van der Waals surface area contributed by atoms with E-state index in [1.807, 2.05) is 31.2 Å². The van der Waals surface area contributed by atoms with Crippen LogP contribution in [-0.4, -0.2) is 52.1 Å². The molecule has 0 amide bonds. The normalized spacial score (nSPS) is 18.4. The molecule has 2 rings (SSSR count). The largest absolute Gasteiger partial charge is 0.496 e. The standard InChI is InChI=1S/C14H23N3O3S/c1-12(11-13-5-3-4-6-14(13)20-2)16-21(18,19)17-9-7-15-8-10-17/h3-6,12,15-16H,7-11H2,1-2H3. The Morgan fingerprint density at radius 1 is 1.33 bits per heavy atom. The second-order valence-corrected chi connectivity index (χ2v) is 6.89. The van der Waals surface area contributed by atoms with Crippen LogP contribution in [0.2, 0.25) is 0 Å². The maximum Gasteiger partial charge on any atom is 0.279 e. The van der Waals surface area contributed by atoms with Crippen LogP contribution in [0.3, 0.4) is 0 Å². The van der Waals surface area contributed by atoms with E-state index in [9.17, 15) is 8.42 Å². The van der Waals surface area contributed by atoms with Crippen LogP contribution in [0.15, 0.2) is 24.3 Å². The van der Waals surface area contributed by atoms with Gasteiger partial charge in [-0.1, -0.05) is 18.2 Å². The van der Waals surface area contributed by atoms with Gasteiger partial charge in [0.2, 0.25) is 0 Å². The zero-order valence-electron chi connectivity index (χ0n) is 12.5. The molecule has 1 aliphatic heterocycles. The number of piperazine rings is 1. The number of rotatable bonds is 6. The monoisotopic (exact) mass is 313 g/mol. The quantitative estimate of drug-likeness (QED) is 0.796. The van der Waals surface area contributed by atoms with E-state index in [2.05, 4.69) is 10.0 Å².